The molecule has 1 aliphatic rings. The summed E-state index contributed by atoms with van der Waals surface area (Å²) in [6.07, 6.45) is 0. The number of aromatic hydroxyl groups is 1. The van der Waals surface area contributed by atoms with Crippen molar-refractivity contribution in [3.8, 4) is 23.0 Å². The highest BCUT2D eigenvalue weighted by molar-refractivity contribution is 6.29. The van der Waals surface area contributed by atoms with E-state index in [0.29, 0.717) is 17.2 Å². The van der Waals surface area contributed by atoms with E-state index in [4.69, 9.17) is 14.2 Å². The molecule has 23 heavy (non-hydrogen) atoms. The Morgan fingerprint density at radius 3 is 1.83 bits per heavy atom. The zero-order chi connectivity index (χ0) is 16.7. The molecule has 0 aromatic heterocycles. The Labute approximate surface area is 132 Å². The third kappa shape index (κ3) is 2.11. The summed E-state index contributed by atoms with van der Waals surface area (Å²) in [5.74, 6) is -0.142. The van der Waals surface area contributed by atoms with Gasteiger partial charge in [0, 0.05) is 22.8 Å². The van der Waals surface area contributed by atoms with Crippen LogP contribution in [0.1, 0.15) is 31.8 Å². The predicted octanol–water partition coefficient (Wildman–Crippen LogP) is 2.19. The molecular weight excluding hydrogens is 300 g/mol. The van der Waals surface area contributed by atoms with Gasteiger partial charge in [-0.3, -0.25) is 9.59 Å². The van der Waals surface area contributed by atoms with E-state index in [0.717, 1.165) is 0 Å². The highest BCUT2D eigenvalue weighted by atomic mass is 16.5. The first-order valence-electron chi connectivity index (χ1n) is 6.78. The normalized spacial score (nSPS) is 12.5. The zero-order valence-electron chi connectivity index (χ0n) is 12.8. The third-order valence-corrected chi connectivity index (χ3v) is 3.81. The highest BCUT2D eigenvalue weighted by Gasteiger charge is 2.34. The number of methoxy groups -OCH3 is 3. The standard InChI is InChI=1S/C17H14O6/c1-21-8-4-11-15(12(18)5-8)17(20)10-7-14(23-3)13(22-2)6-9(10)16(11)19/h4-7,18H,1-3H3. The number of hydrogen-bond donors (Lipinski definition) is 1. The van der Waals surface area contributed by atoms with Crippen molar-refractivity contribution in [2.75, 3.05) is 21.3 Å². The van der Waals surface area contributed by atoms with Crippen molar-refractivity contribution in [2.24, 2.45) is 0 Å². The number of hydrogen-bond acceptors (Lipinski definition) is 6. The van der Waals surface area contributed by atoms with Crippen LogP contribution in [-0.4, -0.2) is 38.0 Å². The fraction of sp³-hybridized carbons (Fsp3) is 0.176. The van der Waals surface area contributed by atoms with Gasteiger partial charge in [0.05, 0.1) is 26.9 Å². The Morgan fingerprint density at radius 1 is 0.739 bits per heavy atom. The molecule has 1 aliphatic carbocycles. The maximum atomic E-state index is 12.7. The Morgan fingerprint density at radius 2 is 1.30 bits per heavy atom. The van der Waals surface area contributed by atoms with Crippen LogP contribution in [0.2, 0.25) is 0 Å². The van der Waals surface area contributed by atoms with E-state index in [9.17, 15) is 14.7 Å². The number of fused-ring (bicyclic) bond motifs is 2. The molecule has 0 unspecified atom stereocenters. The molecule has 0 radical (unpaired) electrons. The molecule has 0 bridgehead atoms. The van der Waals surface area contributed by atoms with Gasteiger partial charge in [-0.1, -0.05) is 0 Å². The molecule has 1 N–H and O–H groups in total. The predicted molar refractivity (Wildman–Crippen MR) is 81.1 cm³/mol. The number of carbonyl (C=O) groups is 2. The number of ether oxygens (including phenoxy) is 3. The van der Waals surface area contributed by atoms with Gasteiger partial charge in [-0.25, -0.2) is 0 Å². The van der Waals surface area contributed by atoms with E-state index in [1.54, 1.807) is 0 Å². The first kappa shape index (κ1) is 14.9. The summed E-state index contributed by atoms with van der Waals surface area (Å²) in [7, 11) is 4.30. The number of benzene rings is 2. The zero-order valence-corrected chi connectivity index (χ0v) is 12.8. The molecule has 2 aromatic rings. The van der Waals surface area contributed by atoms with Crippen molar-refractivity contribution in [1.29, 1.82) is 0 Å². The molecule has 2 aromatic carbocycles. The first-order valence-corrected chi connectivity index (χ1v) is 6.78. The number of phenolic OH excluding ortho intramolecular Hbond substituents is 1. The SMILES string of the molecule is COc1cc(O)c2c(c1)C(=O)c1cc(OC)c(OC)cc1C2=O. The van der Waals surface area contributed by atoms with Gasteiger partial charge in [-0.2, -0.15) is 0 Å². The fourth-order valence-corrected chi connectivity index (χ4v) is 2.67. The minimum Gasteiger partial charge on any atom is -0.507 e. The lowest BCUT2D eigenvalue weighted by Crippen LogP contribution is -2.21. The molecule has 118 valence electrons. The molecule has 0 atom stereocenters. The minimum absolute atomic E-state index is 0.0319. The van der Waals surface area contributed by atoms with Gasteiger partial charge in [0.15, 0.2) is 23.1 Å². The van der Waals surface area contributed by atoms with Crippen LogP contribution in [0.4, 0.5) is 0 Å². The third-order valence-electron chi connectivity index (χ3n) is 3.81. The van der Waals surface area contributed by atoms with Crippen LogP contribution in [0.25, 0.3) is 0 Å². The van der Waals surface area contributed by atoms with E-state index >= 15 is 0 Å². The number of ketones is 2. The topological polar surface area (TPSA) is 82.1 Å². The van der Waals surface area contributed by atoms with Gasteiger partial charge in [-0.05, 0) is 18.2 Å². The Balaban J connectivity index is 2.29. The van der Waals surface area contributed by atoms with E-state index < -0.39 is 5.78 Å². The van der Waals surface area contributed by atoms with Crippen molar-refractivity contribution >= 4 is 11.6 Å². The molecule has 6 nitrogen and oxygen atoms in total. The molecule has 0 saturated carbocycles. The van der Waals surface area contributed by atoms with Crippen molar-refractivity contribution in [1.82, 2.24) is 0 Å². The molecule has 0 spiro atoms. The van der Waals surface area contributed by atoms with E-state index in [-0.39, 0.29) is 33.8 Å². The van der Waals surface area contributed by atoms with Crippen molar-refractivity contribution in [2.45, 2.75) is 0 Å². The van der Waals surface area contributed by atoms with Gasteiger partial charge in [-0.15, -0.1) is 0 Å². The second-order valence-corrected chi connectivity index (χ2v) is 4.98. The van der Waals surface area contributed by atoms with E-state index in [1.807, 2.05) is 0 Å². The van der Waals surface area contributed by atoms with Crippen LogP contribution in [0.15, 0.2) is 24.3 Å². The number of rotatable bonds is 3. The second-order valence-electron chi connectivity index (χ2n) is 4.98. The molecule has 3 rings (SSSR count). The van der Waals surface area contributed by atoms with Crippen LogP contribution in [0, 0.1) is 0 Å². The summed E-state index contributed by atoms with van der Waals surface area (Å²) >= 11 is 0. The van der Waals surface area contributed by atoms with Crippen LogP contribution < -0.4 is 14.2 Å². The van der Waals surface area contributed by atoms with Crippen molar-refractivity contribution < 1.29 is 28.9 Å². The largest absolute Gasteiger partial charge is 0.507 e. The maximum Gasteiger partial charge on any atom is 0.198 e. The summed E-state index contributed by atoms with van der Waals surface area (Å²) in [6, 6.07) is 5.65. The maximum absolute atomic E-state index is 12.7. The lowest BCUT2D eigenvalue weighted by Gasteiger charge is -2.20. The van der Waals surface area contributed by atoms with Gasteiger partial charge in [0.1, 0.15) is 11.5 Å². The summed E-state index contributed by atoms with van der Waals surface area (Å²) in [5.41, 5.74) is 0.440. The Hall–Kier alpha value is -3.02. The quantitative estimate of drug-likeness (QED) is 0.798. The van der Waals surface area contributed by atoms with Crippen LogP contribution in [0.3, 0.4) is 0 Å². The second kappa shape index (κ2) is 5.31. The van der Waals surface area contributed by atoms with E-state index in [2.05, 4.69) is 0 Å². The number of carbonyl (C=O) groups excluding carboxylic acids is 2. The lowest BCUT2D eigenvalue weighted by atomic mass is 9.83. The molecule has 0 amide bonds. The fourth-order valence-electron chi connectivity index (χ4n) is 2.67. The van der Waals surface area contributed by atoms with Crippen LogP contribution in [-0.2, 0) is 0 Å². The molecule has 0 heterocycles. The molecule has 6 heteroatoms. The van der Waals surface area contributed by atoms with E-state index in [1.165, 1.54) is 45.6 Å². The van der Waals surface area contributed by atoms with Gasteiger partial charge in [0.2, 0.25) is 0 Å². The average Bonchev–Trinajstić information content (AvgIpc) is 2.57. The smallest absolute Gasteiger partial charge is 0.198 e. The summed E-state index contributed by atoms with van der Waals surface area (Å²) in [6.45, 7) is 0. The van der Waals surface area contributed by atoms with Crippen LogP contribution in [0.5, 0.6) is 23.0 Å². The van der Waals surface area contributed by atoms with Crippen molar-refractivity contribution in [3.05, 3.63) is 46.5 Å². The Bertz CT molecular complexity index is 837. The van der Waals surface area contributed by atoms with Gasteiger partial charge in [0.25, 0.3) is 0 Å². The van der Waals surface area contributed by atoms with Gasteiger partial charge >= 0.3 is 0 Å². The molecular formula is C17H14O6. The Kier molecular flexibility index (Phi) is 3.44. The molecule has 0 aliphatic heterocycles. The van der Waals surface area contributed by atoms with Gasteiger partial charge < -0.3 is 19.3 Å². The highest BCUT2D eigenvalue weighted by Crippen LogP contribution is 2.39. The number of phenols is 1. The summed E-state index contributed by atoms with van der Waals surface area (Å²) in [5, 5.41) is 10.1. The molecule has 0 fully saturated rings. The summed E-state index contributed by atoms with van der Waals surface area (Å²) < 4.78 is 15.4. The first-order chi connectivity index (χ1) is 11.0. The van der Waals surface area contributed by atoms with Crippen molar-refractivity contribution in [3.63, 3.8) is 0 Å². The van der Waals surface area contributed by atoms with Crippen LogP contribution >= 0.6 is 0 Å². The minimum atomic E-state index is -0.448. The molecule has 0 saturated heterocycles. The lowest BCUT2D eigenvalue weighted by molar-refractivity contribution is 0.0975. The monoisotopic (exact) mass is 314 g/mol. The average molecular weight is 314 g/mol. The summed E-state index contributed by atoms with van der Waals surface area (Å²) in [4.78, 5) is 25.4.